The lowest BCUT2D eigenvalue weighted by Gasteiger charge is -2.29. The van der Waals surface area contributed by atoms with Gasteiger partial charge in [-0.1, -0.05) is 69.3 Å². The zero-order chi connectivity index (χ0) is 26.6. The van der Waals surface area contributed by atoms with Crippen LogP contribution in [0.5, 0.6) is 0 Å². The lowest BCUT2D eigenvalue weighted by Crippen LogP contribution is -2.52. The van der Waals surface area contributed by atoms with Crippen LogP contribution in [0, 0.1) is 12.3 Å². The van der Waals surface area contributed by atoms with E-state index in [0.29, 0.717) is 24.4 Å². The SMILES string of the molecule is CCC(C)(C)C(=O)CN1C(=O)C(NC(=O)NCc2sccc2C)N=C(c2ccccc2)c2ccccc21. The Morgan fingerprint density at radius 2 is 1.76 bits per heavy atom. The summed E-state index contributed by atoms with van der Waals surface area (Å²) in [6.07, 6.45) is -0.558. The number of hydrogen-bond acceptors (Lipinski definition) is 5. The molecule has 2 aromatic carbocycles. The molecule has 0 saturated heterocycles. The molecule has 0 spiro atoms. The van der Waals surface area contributed by atoms with Crippen LogP contribution in [0.25, 0.3) is 0 Å². The van der Waals surface area contributed by atoms with E-state index < -0.39 is 23.5 Å². The second kappa shape index (κ2) is 11.1. The highest BCUT2D eigenvalue weighted by Crippen LogP contribution is 2.30. The molecule has 1 atom stereocenters. The van der Waals surface area contributed by atoms with Gasteiger partial charge in [-0.2, -0.15) is 0 Å². The minimum absolute atomic E-state index is 0.0577. The summed E-state index contributed by atoms with van der Waals surface area (Å²) in [6, 6.07) is 18.4. The number of carbonyl (C=O) groups is 3. The maximum atomic E-state index is 13.9. The highest BCUT2D eigenvalue weighted by molar-refractivity contribution is 7.10. The Labute approximate surface area is 221 Å². The van der Waals surface area contributed by atoms with Crippen LogP contribution in [0.3, 0.4) is 0 Å². The number of nitrogens with one attached hydrogen (secondary N) is 2. The number of benzodiazepines with no additional fused rings is 1. The van der Waals surface area contributed by atoms with E-state index in [2.05, 4.69) is 10.6 Å². The Hall–Kier alpha value is -3.78. The third-order valence-electron chi connectivity index (χ3n) is 6.84. The van der Waals surface area contributed by atoms with E-state index in [1.165, 1.54) is 4.90 Å². The average molecular weight is 517 g/mol. The highest BCUT2D eigenvalue weighted by atomic mass is 32.1. The summed E-state index contributed by atoms with van der Waals surface area (Å²) in [6.45, 7) is 7.94. The lowest BCUT2D eigenvalue weighted by atomic mass is 9.85. The van der Waals surface area contributed by atoms with Crippen molar-refractivity contribution in [3.63, 3.8) is 0 Å². The van der Waals surface area contributed by atoms with Gasteiger partial charge in [0.2, 0.25) is 6.17 Å². The van der Waals surface area contributed by atoms with Crippen LogP contribution in [0.4, 0.5) is 10.5 Å². The van der Waals surface area contributed by atoms with Gasteiger partial charge in [0, 0.05) is 21.4 Å². The fourth-order valence-corrected chi connectivity index (χ4v) is 4.83. The van der Waals surface area contributed by atoms with Gasteiger partial charge in [0.15, 0.2) is 5.78 Å². The van der Waals surface area contributed by atoms with Crippen LogP contribution in [0.15, 0.2) is 71.0 Å². The number of fused-ring (bicyclic) bond motifs is 1. The molecule has 1 aliphatic rings. The quantitative estimate of drug-likeness (QED) is 0.438. The fraction of sp³-hybridized carbons (Fsp3) is 0.310. The van der Waals surface area contributed by atoms with Crippen molar-refractivity contribution in [2.45, 2.75) is 46.8 Å². The number of anilines is 1. The molecule has 0 radical (unpaired) electrons. The third-order valence-corrected chi connectivity index (χ3v) is 7.86. The number of aliphatic imine (C=N–C) groups is 1. The van der Waals surface area contributed by atoms with Gasteiger partial charge in [-0.25, -0.2) is 9.79 Å². The minimum atomic E-state index is -1.20. The van der Waals surface area contributed by atoms with Crippen molar-refractivity contribution in [3.8, 4) is 0 Å². The molecule has 1 aliphatic heterocycles. The molecular weight excluding hydrogens is 484 g/mol. The first-order chi connectivity index (χ1) is 17.7. The van der Waals surface area contributed by atoms with E-state index in [1.807, 2.05) is 93.7 Å². The van der Waals surface area contributed by atoms with E-state index in [1.54, 1.807) is 11.3 Å². The molecule has 1 unspecified atom stereocenters. The summed E-state index contributed by atoms with van der Waals surface area (Å²) in [5.74, 6) is -0.515. The molecule has 7 nitrogen and oxygen atoms in total. The number of nitrogens with zero attached hydrogens (tertiary/aromatic N) is 2. The van der Waals surface area contributed by atoms with Crippen LogP contribution in [0.2, 0.25) is 0 Å². The standard InChI is InChI=1S/C29H32N4O3S/c1-5-29(3,4)24(34)18-33-22-14-10-9-13-21(22)25(20-11-7-6-8-12-20)31-26(27(33)35)32-28(36)30-17-23-19(2)15-16-37-23/h6-16,26H,5,17-18H2,1-4H3,(H2,30,32,36). The van der Waals surface area contributed by atoms with Crippen molar-refractivity contribution >= 4 is 40.5 Å². The highest BCUT2D eigenvalue weighted by Gasteiger charge is 2.36. The van der Waals surface area contributed by atoms with Gasteiger partial charge in [-0.3, -0.25) is 9.59 Å². The number of ketones is 1. The molecule has 3 aromatic rings. The molecular formula is C29H32N4O3S. The number of rotatable bonds is 8. The third kappa shape index (κ3) is 5.80. The molecule has 1 aromatic heterocycles. The number of amides is 3. The van der Waals surface area contributed by atoms with Crippen LogP contribution >= 0.6 is 11.3 Å². The summed E-state index contributed by atoms with van der Waals surface area (Å²) in [5, 5.41) is 7.55. The number of carbonyl (C=O) groups excluding carboxylic acids is 3. The van der Waals surface area contributed by atoms with Gasteiger partial charge in [0.05, 0.1) is 24.5 Å². The lowest BCUT2D eigenvalue weighted by molar-refractivity contribution is -0.128. The van der Waals surface area contributed by atoms with Gasteiger partial charge >= 0.3 is 6.03 Å². The van der Waals surface area contributed by atoms with Gasteiger partial charge in [0.1, 0.15) is 0 Å². The molecule has 0 aliphatic carbocycles. The first-order valence-corrected chi connectivity index (χ1v) is 13.2. The summed E-state index contributed by atoms with van der Waals surface area (Å²) in [5.41, 5.74) is 3.21. The van der Waals surface area contributed by atoms with Crippen LogP contribution in [0.1, 0.15) is 48.8 Å². The smallest absolute Gasteiger partial charge is 0.317 e. The van der Waals surface area contributed by atoms with Gasteiger partial charge in [-0.05, 0) is 36.4 Å². The fourth-order valence-electron chi connectivity index (χ4n) is 3.99. The summed E-state index contributed by atoms with van der Waals surface area (Å²) in [7, 11) is 0. The van der Waals surface area contributed by atoms with Crippen molar-refractivity contribution in [3.05, 3.63) is 87.6 Å². The molecule has 2 N–H and O–H groups in total. The second-order valence-electron chi connectivity index (χ2n) is 9.70. The van der Waals surface area contributed by atoms with Crippen molar-refractivity contribution in [1.29, 1.82) is 0 Å². The van der Waals surface area contributed by atoms with Crippen LogP contribution < -0.4 is 15.5 Å². The van der Waals surface area contributed by atoms with Crippen LogP contribution in [-0.2, 0) is 16.1 Å². The van der Waals surface area contributed by atoms with E-state index in [9.17, 15) is 14.4 Å². The number of urea groups is 1. The monoisotopic (exact) mass is 516 g/mol. The van der Waals surface area contributed by atoms with Gasteiger partial charge in [-0.15, -0.1) is 11.3 Å². The topological polar surface area (TPSA) is 90.9 Å². The minimum Gasteiger partial charge on any atom is -0.333 e. The van der Waals surface area contributed by atoms with E-state index in [4.69, 9.17) is 4.99 Å². The second-order valence-corrected chi connectivity index (χ2v) is 10.7. The number of benzene rings is 2. The Balaban J connectivity index is 1.71. The maximum absolute atomic E-state index is 13.9. The maximum Gasteiger partial charge on any atom is 0.317 e. The molecule has 0 fully saturated rings. The van der Waals surface area contributed by atoms with Crippen molar-refractivity contribution in [2.24, 2.45) is 10.4 Å². The molecule has 4 rings (SSSR count). The number of para-hydroxylation sites is 1. The molecule has 192 valence electrons. The molecule has 3 amide bonds. The Morgan fingerprint density at radius 3 is 2.43 bits per heavy atom. The normalized spacial score (nSPS) is 15.5. The number of hydrogen-bond donors (Lipinski definition) is 2. The first kappa shape index (κ1) is 26.3. The van der Waals surface area contributed by atoms with E-state index in [0.717, 1.165) is 21.6 Å². The van der Waals surface area contributed by atoms with E-state index >= 15 is 0 Å². The van der Waals surface area contributed by atoms with Crippen LogP contribution in [-0.4, -0.2) is 36.1 Å². The molecule has 2 heterocycles. The summed E-state index contributed by atoms with van der Waals surface area (Å²) < 4.78 is 0. The number of thiophene rings is 1. The average Bonchev–Trinajstić information content (AvgIpc) is 3.28. The number of Topliss-reactive ketones (excluding diaryl/α,β-unsaturated/α-hetero) is 1. The first-order valence-electron chi connectivity index (χ1n) is 12.4. The Kier molecular flexibility index (Phi) is 7.88. The molecule has 0 bridgehead atoms. The molecule has 37 heavy (non-hydrogen) atoms. The predicted octanol–water partition coefficient (Wildman–Crippen LogP) is 5.07. The number of aryl methyl sites for hydroxylation is 1. The Bertz CT molecular complexity index is 1330. The Morgan fingerprint density at radius 1 is 1.05 bits per heavy atom. The van der Waals surface area contributed by atoms with Gasteiger partial charge < -0.3 is 15.5 Å². The van der Waals surface area contributed by atoms with Crippen molar-refractivity contribution in [1.82, 2.24) is 10.6 Å². The van der Waals surface area contributed by atoms with E-state index in [-0.39, 0.29) is 12.3 Å². The largest absolute Gasteiger partial charge is 0.333 e. The van der Waals surface area contributed by atoms with Gasteiger partial charge in [0.25, 0.3) is 5.91 Å². The van der Waals surface area contributed by atoms with Crippen molar-refractivity contribution in [2.75, 3.05) is 11.4 Å². The summed E-state index contributed by atoms with van der Waals surface area (Å²) in [4.78, 5) is 47.3. The molecule has 0 saturated carbocycles. The van der Waals surface area contributed by atoms with Crippen molar-refractivity contribution < 1.29 is 14.4 Å². The zero-order valence-electron chi connectivity index (χ0n) is 21.6. The zero-order valence-corrected chi connectivity index (χ0v) is 22.4. The molecule has 8 heteroatoms. The summed E-state index contributed by atoms with van der Waals surface area (Å²) >= 11 is 1.56. The predicted molar refractivity (Wildman–Crippen MR) is 148 cm³/mol.